The first-order chi connectivity index (χ1) is 18.6. The van der Waals surface area contributed by atoms with Gasteiger partial charge in [0.2, 0.25) is 6.17 Å². The molecule has 2 amide bonds. The molecule has 0 bridgehead atoms. The molecule has 2 N–H and O–H groups in total. The van der Waals surface area contributed by atoms with Crippen LogP contribution in [0.4, 0.5) is 10.1 Å². The van der Waals surface area contributed by atoms with Crippen molar-refractivity contribution in [2.75, 3.05) is 4.90 Å². The van der Waals surface area contributed by atoms with Gasteiger partial charge in [-0.15, -0.1) is 0 Å². The van der Waals surface area contributed by atoms with Crippen LogP contribution in [0.1, 0.15) is 27.2 Å². The first kappa shape index (κ1) is 23.2. The third kappa shape index (κ3) is 4.17. The molecule has 6 rings (SSSR count). The fraction of sp³-hybridized carbons (Fsp3) is 0.0714. The number of H-pyrrole nitrogens is 1. The van der Waals surface area contributed by atoms with E-state index < -0.39 is 23.8 Å². The number of aromatic nitrogens is 4. The van der Waals surface area contributed by atoms with Gasteiger partial charge in [0.25, 0.3) is 11.8 Å². The summed E-state index contributed by atoms with van der Waals surface area (Å²) in [4.78, 5) is 40.7. The number of halogens is 1. The van der Waals surface area contributed by atoms with E-state index in [0.717, 1.165) is 0 Å². The van der Waals surface area contributed by atoms with Gasteiger partial charge in [-0.3, -0.25) is 9.59 Å². The number of fused-ring (bicyclic) bond motifs is 2. The molecule has 1 aliphatic heterocycles. The van der Waals surface area contributed by atoms with E-state index in [1.54, 1.807) is 72.9 Å². The summed E-state index contributed by atoms with van der Waals surface area (Å²) < 4.78 is 15.0. The minimum Gasteiger partial charge on any atom is -0.347 e. The van der Waals surface area contributed by atoms with Crippen molar-refractivity contribution in [1.29, 1.82) is 0 Å². The molecule has 3 heterocycles. The second kappa shape index (κ2) is 9.66. The van der Waals surface area contributed by atoms with Crippen molar-refractivity contribution in [3.05, 3.63) is 120 Å². The Balaban J connectivity index is 1.48. The van der Waals surface area contributed by atoms with Gasteiger partial charge in [-0.2, -0.15) is 10.2 Å². The fourth-order valence-electron chi connectivity index (χ4n) is 4.49. The molecule has 10 heteroatoms. The zero-order chi connectivity index (χ0) is 26.1. The standard InChI is InChI=1S/C28H20FN7O2/c29-22-10-4-1-8-19(22)25-20-9-3-6-12-24(20)36(15-17-13-30-16-31-17)28(38)26(33-25)34-27(37)21-14-32-35-23-11-5-2-7-18(21)23/h1-14,16,26H,15H2,(H,30,31)(H,34,37). The van der Waals surface area contributed by atoms with Crippen molar-refractivity contribution < 1.29 is 14.0 Å². The molecule has 9 nitrogen and oxygen atoms in total. The Morgan fingerprint density at radius 3 is 2.55 bits per heavy atom. The number of amides is 2. The molecule has 3 aromatic carbocycles. The van der Waals surface area contributed by atoms with Crippen LogP contribution in [0.25, 0.3) is 10.9 Å². The zero-order valence-corrected chi connectivity index (χ0v) is 19.9. The van der Waals surface area contributed by atoms with Crippen LogP contribution in [0.2, 0.25) is 0 Å². The number of hydrogen-bond acceptors (Lipinski definition) is 6. The number of imidazole rings is 1. The molecule has 2 aromatic heterocycles. The summed E-state index contributed by atoms with van der Waals surface area (Å²) in [6.45, 7) is 0.141. The number of anilines is 1. The molecule has 0 fully saturated rings. The highest BCUT2D eigenvalue weighted by Gasteiger charge is 2.34. The topological polar surface area (TPSA) is 116 Å². The lowest BCUT2D eigenvalue weighted by molar-refractivity contribution is -0.120. The van der Waals surface area contributed by atoms with E-state index in [1.165, 1.54) is 23.5 Å². The second-order valence-corrected chi connectivity index (χ2v) is 8.63. The summed E-state index contributed by atoms with van der Waals surface area (Å²) in [6, 6.07) is 20.4. The molecule has 0 spiro atoms. The van der Waals surface area contributed by atoms with Crippen molar-refractivity contribution in [3.8, 4) is 0 Å². The largest absolute Gasteiger partial charge is 0.347 e. The number of nitrogens with one attached hydrogen (secondary N) is 2. The SMILES string of the molecule is O=C(NC1N=C(c2ccccc2F)c2ccccc2N(Cc2cnc[nH]2)C1=O)c1cnnc2ccccc12. The minimum absolute atomic E-state index is 0.141. The average molecular weight is 506 g/mol. The summed E-state index contributed by atoms with van der Waals surface area (Å²) in [7, 11) is 0. The third-order valence-electron chi connectivity index (χ3n) is 6.28. The first-order valence-electron chi connectivity index (χ1n) is 11.8. The molecular weight excluding hydrogens is 485 g/mol. The van der Waals surface area contributed by atoms with E-state index in [1.807, 2.05) is 0 Å². The van der Waals surface area contributed by atoms with E-state index in [-0.39, 0.29) is 23.4 Å². The predicted molar refractivity (Wildman–Crippen MR) is 139 cm³/mol. The van der Waals surface area contributed by atoms with Crippen LogP contribution in [0.3, 0.4) is 0 Å². The van der Waals surface area contributed by atoms with Gasteiger partial charge in [0.15, 0.2) is 0 Å². The van der Waals surface area contributed by atoms with Crippen molar-refractivity contribution in [1.82, 2.24) is 25.5 Å². The molecule has 0 saturated heterocycles. The first-order valence-corrected chi connectivity index (χ1v) is 11.8. The molecule has 1 unspecified atom stereocenters. The monoisotopic (exact) mass is 505 g/mol. The number of rotatable bonds is 5. The van der Waals surface area contributed by atoms with Gasteiger partial charge in [-0.25, -0.2) is 14.4 Å². The van der Waals surface area contributed by atoms with E-state index in [4.69, 9.17) is 0 Å². The Hall–Kier alpha value is -5.25. The molecule has 1 aliphatic rings. The number of carbonyl (C=O) groups is 2. The summed E-state index contributed by atoms with van der Waals surface area (Å²) in [6.07, 6.45) is 3.13. The maximum absolute atomic E-state index is 15.0. The van der Waals surface area contributed by atoms with Gasteiger partial charge in [0, 0.05) is 22.7 Å². The Morgan fingerprint density at radius 2 is 1.74 bits per heavy atom. The summed E-state index contributed by atoms with van der Waals surface area (Å²) in [5, 5.41) is 11.3. The minimum atomic E-state index is -1.35. The van der Waals surface area contributed by atoms with Crippen LogP contribution in [-0.2, 0) is 11.3 Å². The number of nitrogens with zero attached hydrogens (tertiary/aromatic N) is 5. The van der Waals surface area contributed by atoms with E-state index >= 15 is 4.39 Å². The highest BCUT2D eigenvalue weighted by molar-refractivity contribution is 6.20. The maximum Gasteiger partial charge on any atom is 0.272 e. The summed E-state index contributed by atoms with van der Waals surface area (Å²) in [5.41, 5.74) is 3.01. The van der Waals surface area contributed by atoms with Crippen LogP contribution < -0.4 is 10.2 Å². The molecule has 186 valence electrons. The van der Waals surface area contributed by atoms with Gasteiger partial charge >= 0.3 is 0 Å². The third-order valence-corrected chi connectivity index (χ3v) is 6.28. The smallest absolute Gasteiger partial charge is 0.272 e. The van der Waals surface area contributed by atoms with Crippen LogP contribution in [0, 0.1) is 5.82 Å². The van der Waals surface area contributed by atoms with Crippen LogP contribution in [-0.4, -0.2) is 43.9 Å². The number of carbonyl (C=O) groups excluding carboxylic acids is 2. The van der Waals surface area contributed by atoms with Crippen LogP contribution in [0.5, 0.6) is 0 Å². The molecule has 5 aromatic rings. The molecule has 1 atom stereocenters. The Bertz CT molecular complexity index is 1700. The lowest BCUT2D eigenvalue weighted by atomic mass is 9.99. The van der Waals surface area contributed by atoms with Crippen molar-refractivity contribution in [2.24, 2.45) is 4.99 Å². The Kier molecular flexibility index (Phi) is 5.89. The maximum atomic E-state index is 15.0. The summed E-state index contributed by atoms with van der Waals surface area (Å²) in [5.74, 6) is -1.54. The molecular formula is C28H20FN7O2. The van der Waals surface area contributed by atoms with Gasteiger partial charge < -0.3 is 15.2 Å². The van der Waals surface area contributed by atoms with Crippen molar-refractivity contribution in [2.45, 2.75) is 12.7 Å². The second-order valence-electron chi connectivity index (χ2n) is 8.63. The lowest BCUT2D eigenvalue weighted by Gasteiger charge is -2.25. The number of para-hydroxylation sites is 1. The normalized spacial score (nSPS) is 15.1. The van der Waals surface area contributed by atoms with Crippen LogP contribution >= 0.6 is 0 Å². The van der Waals surface area contributed by atoms with Gasteiger partial charge in [0.05, 0.1) is 47.2 Å². The Morgan fingerprint density at radius 1 is 0.974 bits per heavy atom. The summed E-state index contributed by atoms with van der Waals surface area (Å²) >= 11 is 0. The van der Waals surface area contributed by atoms with E-state index in [9.17, 15) is 9.59 Å². The van der Waals surface area contributed by atoms with Crippen molar-refractivity contribution >= 4 is 34.1 Å². The lowest BCUT2D eigenvalue weighted by Crippen LogP contribution is -2.47. The fourth-order valence-corrected chi connectivity index (χ4v) is 4.49. The zero-order valence-electron chi connectivity index (χ0n) is 19.9. The molecule has 0 aliphatic carbocycles. The number of aliphatic imine (C=N–C) groups is 1. The molecule has 38 heavy (non-hydrogen) atoms. The van der Waals surface area contributed by atoms with E-state index in [2.05, 4.69) is 30.5 Å². The van der Waals surface area contributed by atoms with Gasteiger partial charge in [-0.1, -0.05) is 48.5 Å². The Labute approximate surface area is 216 Å². The quantitative estimate of drug-likeness (QED) is 0.378. The number of benzene rings is 3. The van der Waals surface area contributed by atoms with Gasteiger partial charge in [0.1, 0.15) is 5.82 Å². The highest BCUT2D eigenvalue weighted by atomic mass is 19.1. The van der Waals surface area contributed by atoms with Crippen LogP contribution in [0.15, 0.2) is 96.5 Å². The number of hydrogen-bond donors (Lipinski definition) is 2. The molecule has 0 radical (unpaired) electrons. The van der Waals surface area contributed by atoms with Gasteiger partial charge in [-0.05, 0) is 24.3 Å². The number of aromatic amines is 1. The molecule has 0 saturated carbocycles. The van der Waals surface area contributed by atoms with E-state index in [0.29, 0.717) is 27.8 Å². The predicted octanol–water partition coefficient (Wildman–Crippen LogP) is 3.63. The number of benzodiazepines with no additional fused rings is 1. The highest BCUT2D eigenvalue weighted by Crippen LogP contribution is 2.30. The average Bonchev–Trinajstić information content (AvgIpc) is 3.44. The van der Waals surface area contributed by atoms with Crippen molar-refractivity contribution in [3.63, 3.8) is 0 Å².